The zero-order valence-electron chi connectivity index (χ0n) is 15.1. The summed E-state index contributed by atoms with van der Waals surface area (Å²) in [5, 5.41) is 5.21. The number of carbonyl (C=O) groups excluding carboxylic acids is 2. The highest BCUT2D eigenvalue weighted by atomic mass is 32.2. The van der Waals surface area contributed by atoms with Crippen LogP contribution in [0.2, 0.25) is 0 Å². The Kier molecular flexibility index (Phi) is 6.06. The highest BCUT2D eigenvalue weighted by molar-refractivity contribution is 7.92. The Hall–Kier alpha value is -2.37. The van der Waals surface area contributed by atoms with E-state index in [9.17, 15) is 22.4 Å². The van der Waals surface area contributed by atoms with Crippen LogP contribution in [0.5, 0.6) is 0 Å². The first-order valence-corrected chi connectivity index (χ1v) is 11.1. The number of nitrogens with one attached hydrogen (secondary N) is 2. The molecule has 0 radical (unpaired) electrons. The number of halogens is 1. The number of aromatic nitrogens is 1. The number of rotatable bonds is 6. The van der Waals surface area contributed by atoms with E-state index in [2.05, 4.69) is 20.5 Å². The molecule has 0 atom stereocenters. The van der Waals surface area contributed by atoms with Gasteiger partial charge < -0.3 is 15.5 Å². The van der Waals surface area contributed by atoms with E-state index in [1.165, 1.54) is 23.5 Å². The topological polar surface area (TPSA) is 108 Å². The second kappa shape index (κ2) is 8.33. The molecular weight excluding hydrogens is 407 g/mol. The van der Waals surface area contributed by atoms with Crippen LogP contribution in [0.4, 0.5) is 15.2 Å². The van der Waals surface area contributed by atoms with E-state index in [1.54, 1.807) is 0 Å². The molecule has 0 fully saturated rings. The van der Waals surface area contributed by atoms with Crippen LogP contribution in [0.1, 0.15) is 10.6 Å². The van der Waals surface area contributed by atoms with Crippen LogP contribution in [0.3, 0.4) is 0 Å². The number of thiazole rings is 1. The minimum Gasteiger partial charge on any atom is -0.325 e. The van der Waals surface area contributed by atoms with Gasteiger partial charge in [0.1, 0.15) is 17.3 Å². The van der Waals surface area contributed by atoms with Gasteiger partial charge in [-0.15, -0.1) is 11.3 Å². The highest BCUT2D eigenvalue weighted by Gasteiger charge is 2.23. The summed E-state index contributed by atoms with van der Waals surface area (Å²) in [5.41, 5.74) is 1.18. The van der Waals surface area contributed by atoms with Gasteiger partial charge in [-0.1, -0.05) is 0 Å². The fraction of sp³-hybridized carbons (Fsp3) is 0.353. The lowest BCUT2D eigenvalue weighted by molar-refractivity contribution is -0.114. The summed E-state index contributed by atoms with van der Waals surface area (Å²) in [5.74, 6) is -3.69. The van der Waals surface area contributed by atoms with Crippen LogP contribution >= 0.6 is 11.3 Å². The lowest BCUT2D eigenvalue weighted by Gasteiger charge is -2.20. The largest absolute Gasteiger partial charge is 0.325 e. The van der Waals surface area contributed by atoms with Crippen molar-refractivity contribution >= 4 is 43.8 Å². The van der Waals surface area contributed by atoms with E-state index in [0.29, 0.717) is 5.13 Å². The van der Waals surface area contributed by atoms with Crippen LogP contribution in [0, 0.1) is 5.82 Å². The molecule has 0 aliphatic carbocycles. The first-order chi connectivity index (χ1) is 13.2. The normalized spacial score (nSPS) is 14.4. The maximum atomic E-state index is 12.9. The first kappa shape index (κ1) is 20.4. The van der Waals surface area contributed by atoms with Crippen molar-refractivity contribution in [2.45, 2.75) is 13.0 Å². The van der Waals surface area contributed by atoms with E-state index >= 15 is 0 Å². The molecule has 11 heteroatoms. The lowest BCUT2D eigenvalue weighted by Crippen LogP contribution is -2.30. The van der Waals surface area contributed by atoms with Gasteiger partial charge in [-0.2, -0.15) is 0 Å². The minimum atomic E-state index is -3.97. The third-order valence-electron chi connectivity index (χ3n) is 4.00. The smallest absolute Gasteiger partial charge is 0.241 e. The number of likely N-dealkylation sites (N-methyl/N-ethyl adjacent to an activating group) is 1. The van der Waals surface area contributed by atoms with E-state index in [-0.39, 0.29) is 5.69 Å². The fourth-order valence-electron chi connectivity index (χ4n) is 2.71. The number of nitrogens with zero attached hydrogens (tertiary/aromatic N) is 2. The predicted octanol–water partition coefficient (Wildman–Crippen LogP) is 1.26. The van der Waals surface area contributed by atoms with Crippen molar-refractivity contribution in [3.63, 3.8) is 0 Å². The van der Waals surface area contributed by atoms with Crippen LogP contribution in [-0.2, 0) is 32.4 Å². The molecule has 0 unspecified atom stereocenters. The van der Waals surface area contributed by atoms with Crippen LogP contribution in [0.25, 0.3) is 0 Å². The summed E-state index contributed by atoms with van der Waals surface area (Å²) in [7, 11) is -1.98. The van der Waals surface area contributed by atoms with E-state index < -0.39 is 39.0 Å². The number of amides is 2. The van der Waals surface area contributed by atoms with Crippen molar-refractivity contribution in [3.05, 3.63) is 40.7 Å². The average molecular weight is 426 g/mol. The molecule has 2 aromatic rings. The maximum Gasteiger partial charge on any atom is 0.241 e. The third-order valence-corrected chi connectivity index (χ3v) is 6.40. The molecule has 1 aromatic carbocycles. The van der Waals surface area contributed by atoms with Crippen LogP contribution in [-0.4, -0.2) is 55.2 Å². The van der Waals surface area contributed by atoms with Gasteiger partial charge in [0, 0.05) is 30.1 Å². The first-order valence-electron chi connectivity index (χ1n) is 8.43. The van der Waals surface area contributed by atoms with Crippen molar-refractivity contribution in [1.82, 2.24) is 9.88 Å². The summed E-state index contributed by atoms with van der Waals surface area (Å²) in [6.07, 6.45) is 0.778. The number of benzene rings is 1. The van der Waals surface area contributed by atoms with Gasteiger partial charge in [-0.25, -0.2) is 17.8 Å². The Morgan fingerprint density at radius 2 is 1.82 bits per heavy atom. The standard InChI is InChI=1S/C17H19FN4O4S2/c1-22-7-6-13-14(8-22)27-17(20-13)21-16(24)10-28(25,26)9-15(23)19-12-4-2-11(18)3-5-12/h2-5H,6-10H2,1H3,(H,19,23)(H,20,21,24). The number of carbonyl (C=O) groups is 2. The minimum absolute atomic E-state index is 0.268. The SMILES string of the molecule is CN1CCc2nc(NC(=O)CS(=O)(=O)CC(=O)Nc3ccc(F)cc3)sc2C1. The Morgan fingerprint density at radius 3 is 2.50 bits per heavy atom. The molecule has 8 nitrogen and oxygen atoms in total. The molecule has 2 amide bonds. The van der Waals surface area contributed by atoms with E-state index in [4.69, 9.17) is 0 Å². The zero-order chi connectivity index (χ0) is 20.3. The van der Waals surface area contributed by atoms with Gasteiger partial charge in [0.2, 0.25) is 11.8 Å². The molecule has 0 bridgehead atoms. The maximum absolute atomic E-state index is 12.9. The van der Waals surface area contributed by atoms with E-state index in [0.717, 1.165) is 42.2 Å². The molecule has 1 aliphatic rings. The van der Waals surface area contributed by atoms with Gasteiger partial charge in [0.15, 0.2) is 15.0 Å². The van der Waals surface area contributed by atoms with Crippen molar-refractivity contribution in [2.75, 3.05) is 35.7 Å². The highest BCUT2D eigenvalue weighted by Crippen LogP contribution is 2.27. The molecule has 2 N–H and O–H groups in total. The summed E-state index contributed by atoms with van der Waals surface area (Å²) < 4.78 is 37.1. The van der Waals surface area contributed by atoms with Crippen molar-refractivity contribution in [1.29, 1.82) is 0 Å². The molecule has 0 spiro atoms. The summed E-state index contributed by atoms with van der Waals surface area (Å²) in [6.45, 7) is 1.62. The van der Waals surface area contributed by atoms with Gasteiger partial charge in [0.25, 0.3) is 0 Å². The molecular formula is C17H19FN4O4S2. The summed E-state index contributed by atoms with van der Waals surface area (Å²) in [4.78, 5) is 31.5. The Balaban J connectivity index is 1.54. The van der Waals surface area contributed by atoms with Crippen LogP contribution < -0.4 is 10.6 Å². The molecule has 0 saturated carbocycles. The average Bonchev–Trinajstić information content (AvgIpc) is 2.96. The van der Waals surface area contributed by atoms with Gasteiger partial charge in [-0.05, 0) is 31.3 Å². The Labute approximate surface area is 165 Å². The van der Waals surface area contributed by atoms with Crippen molar-refractivity contribution < 1.29 is 22.4 Å². The number of hydrogen-bond donors (Lipinski definition) is 2. The summed E-state index contributed by atoms with van der Waals surface area (Å²) in [6, 6.07) is 4.91. The number of hydrogen-bond acceptors (Lipinski definition) is 7. The molecule has 150 valence electrons. The predicted molar refractivity (Wildman–Crippen MR) is 104 cm³/mol. The Bertz CT molecular complexity index is 989. The van der Waals surface area contributed by atoms with Gasteiger partial charge >= 0.3 is 0 Å². The zero-order valence-corrected chi connectivity index (χ0v) is 16.7. The van der Waals surface area contributed by atoms with Gasteiger partial charge in [0.05, 0.1) is 5.69 Å². The molecule has 3 rings (SSSR count). The third kappa shape index (κ3) is 5.57. The van der Waals surface area contributed by atoms with Crippen molar-refractivity contribution in [3.8, 4) is 0 Å². The molecule has 1 aromatic heterocycles. The van der Waals surface area contributed by atoms with Crippen molar-refractivity contribution in [2.24, 2.45) is 0 Å². The number of fused-ring (bicyclic) bond motifs is 1. The van der Waals surface area contributed by atoms with Crippen LogP contribution in [0.15, 0.2) is 24.3 Å². The summed E-state index contributed by atoms with van der Waals surface area (Å²) >= 11 is 1.32. The van der Waals surface area contributed by atoms with E-state index in [1.807, 2.05) is 7.05 Å². The second-order valence-corrected chi connectivity index (χ2v) is 9.66. The monoisotopic (exact) mass is 426 g/mol. The molecule has 2 heterocycles. The number of sulfone groups is 1. The fourth-order valence-corrected chi connectivity index (χ4v) is 4.86. The quantitative estimate of drug-likeness (QED) is 0.720. The second-order valence-electron chi connectivity index (χ2n) is 6.51. The molecule has 1 aliphatic heterocycles. The Morgan fingerprint density at radius 1 is 1.18 bits per heavy atom. The molecule has 28 heavy (non-hydrogen) atoms. The molecule has 0 saturated heterocycles. The number of anilines is 2. The lowest BCUT2D eigenvalue weighted by atomic mass is 10.2. The van der Waals surface area contributed by atoms with Gasteiger partial charge in [-0.3, -0.25) is 9.59 Å².